The first-order chi connectivity index (χ1) is 17.2. The number of fused-ring (bicyclic) bond motifs is 1. The Hall–Kier alpha value is -4.35. The lowest BCUT2D eigenvalue weighted by atomic mass is 10.0. The van der Waals surface area contributed by atoms with Crippen molar-refractivity contribution in [3.63, 3.8) is 0 Å². The lowest BCUT2D eigenvalue weighted by molar-refractivity contribution is -0.137. The summed E-state index contributed by atoms with van der Waals surface area (Å²) in [5, 5.41) is 7.98. The molecule has 0 unspecified atom stereocenters. The van der Waals surface area contributed by atoms with E-state index in [1.54, 1.807) is 6.92 Å². The van der Waals surface area contributed by atoms with Gasteiger partial charge in [-0.05, 0) is 37.3 Å². The minimum atomic E-state index is -4.63. The summed E-state index contributed by atoms with van der Waals surface area (Å²) in [7, 11) is 0. The van der Waals surface area contributed by atoms with Crippen molar-refractivity contribution in [3.05, 3.63) is 77.8 Å². The van der Waals surface area contributed by atoms with Crippen molar-refractivity contribution in [1.82, 2.24) is 24.9 Å². The quantitative estimate of drug-likeness (QED) is 0.272. The number of hydrogen-bond donors (Lipinski definition) is 0. The van der Waals surface area contributed by atoms with E-state index in [-0.39, 0.29) is 47.3 Å². The van der Waals surface area contributed by atoms with Crippen LogP contribution in [0.15, 0.2) is 59.4 Å². The van der Waals surface area contributed by atoms with Crippen LogP contribution in [0.5, 0.6) is 5.75 Å². The molecule has 3 heterocycles. The van der Waals surface area contributed by atoms with Crippen LogP contribution in [0.2, 0.25) is 0 Å². The van der Waals surface area contributed by atoms with Crippen LogP contribution < -0.4 is 4.74 Å². The molecule has 0 aliphatic carbocycles. The Morgan fingerprint density at radius 3 is 2.56 bits per heavy atom. The minimum Gasteiger partial charge on any atom is -0.494 e. The molecule has 2 aliphatic rings. The molecule has 3 aromatic rings. The molecule has 0 amide bonds. The summed E-state index contributed by atoms with van der Waals surface area (Å²) >= 11 is 0. The number of rotatable bonds is 6. The van der Waals surface area contributed by atoms with E-state index in [4.69, 9.17) is 9.26 Å². The zero-order valence-corrected chi connectivity index (χ0v) is 18.6. The highest BCUT2D eigenvalue weighted by Gasteiger charge is 2.35. The second-order valence-corrected chi connectivity index (χ2v) is 7.71. The second kappa shape index (κ2) is 9.02. The van der Waals surface area contributed by atoms with E-state index in [0.29, 0.717) is 11.4 Å². The summed E-state index contributed by atoms with van der Waals surface area (Å²) < 4.78 is 80.5. The van der Waals surface area contributed by atoms with Gasteiger partial charge in [0.15, 0.2) is 23.2 Å². The number of alkyl halides is 3. The fraction of sp³-hybridized carbons (Fsp3) is 0.167. The highest BCUT2D eigenvalue weighted by Crippen LogP contribution is 2.39. The van der Waals surface area contributed by atoms with Crippen LogP contribution in [-0.2, 0) is 12.7 Å². The molecule has 36 heavy (non-hydrogen) atoms. The third-order valence-corrected chi connectivity index (χ3v) is 5.27. The number of halogens is 5. The van der Waals surface area contributed by atoms with E-state index in [0.717, 1.165) is 12.1 Å². The molecular weight excluding hydrogens is 485 g/mol. The standard InChI is InChI=1S/C24H16F5N5O2/c1-2-35-13-6-7-15(17(8-13)24(27,28)29)19-9-14(36-33-19)11-34-12-21-20(10-30-34)31-23(32-21)16-4-3-5-18(25)22(16)26/h3-10,12H,2,11H2,1H3. The fourth-order valence-electron chi connectivity index (χ4n) is 3.66. The van der Waals surface area contributed by atoms with E-state index in [2.05, 4.69) is 20.2 Å². The van der Waals surface area contributed by atoms with Crippen LogP contribution in [0.25, 0.3) is 34.0 Å². The first-order valence-electron chi connectivity index (χ1n) is 10.7. The first kappa shape index (κ1) is 23.4. The summed E-state index contributed by atoms with van der Waals surface area (Å²) in [5.41, 5.74) is -0.434. The van der Waals surface area contributed by atoms with Crippen LogP contribution in [0, 0.1) is 11.6 Å². The predicted molar refractivity (Wildman–Crippen MR) is 117 cm³/mol. The van der Waals surface area contributed by atoms with Crippen LogP contribution in [-0.4, -0.2) is 31.5 Å². The molecule has 0 atom stereocenters. The molecule has 0 spiro atoms. The highest BCUT2D eigenvalue weighted by atomic mass is 19.4. The molecule has 0 bridgehead atoms. The van der Waals surface area contributed by atoms with Gasteiger partial charge in [0.25, 0.3) is 0 Å². The van der Waals surface area contributed by atoms with Gasteiger partial charge in [0.05, 0.1) is 30.1 Å². The number of nitrogens with zero attached hydrogens (tertiary/aromatic N) is 5. The van der Waals surface area contributed by atoms with Crippen molar-refractivity contribution in [1.29, 1.82) is 0 Å². The normalized spacial score (nSPS) is 11.8. The van der Waals surface area contributed by atoms with E-state index in [1.807, 2.05) is 0 Å². The van der Waals surface area contributed by atoms with Gasteiger partial charge in [0, 0.05) is 11.6 Å². The van der Waals surface area contributed by atoms with Crippen molar-refractivity contribution in [2.24, 2.45) is 0 Å². The van der Waals surface area contributed by atoms with Gasteiger partial charge in [0.2, 0.25) is 0 Å². The Labute approximate surface area is 200 Å². The summed E-state index contributed by atoms with van der Waals surface area (Å²) in [4.78, 5) is 8.42. The number of aromatic nitrogens is 5. The van der Waals surface area contributed by atoms with Crippen LogP contribution in [0.1, 0.15) is 18.2 Å². The molecule has 2 aromatic carbocycles. The Balaban J connectivity index is 1.42. The van der Waals surface area contributed by atoms with Crippen LogP contribution >= 0.6 is 0 Å². The van der Waals surface area contributed by atoms with Crippen molar-refractivity contribution in [2.75, 3.05) is 6.61 Å². The summed E-state index contributed by atoms with van der Waals surface area (Å²) in [5.74, 6) is -1.75. The molecule has 1 aromatic heterocycles. The maximum Gasteiger partial charge on any atom is 0.417 e. The molecule has 0 fully saturated rings. The molecule has 0 saturated carbocycles. The van der Waals surface area contributed by atoms with Gasteiger partial charge in [-0.3, -0.25) is 4.68 Å². The molecule has 7 nitrogen and oxygen atoms in total. The number of ether oxygens (including phenoxy) is 1. The average molecular weight is 501 g/mol. The van der Waals surface area contributed by atoms with Crippen LogP contribution in [0.4, 0.5) is 22.0 Å². The predicted octanol–water partition coefficient (Wildman–Crippen LogP) is 5.84. The van der Waals surface area contributed by atoms with Gasteiger partial charge < -0.3 is 9.26 Å². The maximum absolute atomic E-state index is 14.1. The zero-order chi connectivity index (χ0) is 25.4. The Bertz CT molecular complexity index is 1510. The van der Waals surface area contributed by atoms with Crippen molar-refractivity contribution >= 4 is 0 Å². The van der Waals surface area contributed by atoms with Crippen molar-refractivity contribution in [2.45, 2.75) is 19.6 Å². The minimum absolute atomic E-state index is 0.000907. The molecule has 5 rings (SSSR count). The van der Waals surface area contributed by atoms with Crippen molar-refractivity contribution < 1.29 is 31.2 Å². The third-order valence-electron chi connectivity index (χ3n) is 5.27. The molecule has 0 radical (unpaired) electrons. The van der Waals surface area contributed by atoms with E-state index in [9.17, 15) is 22.0 Å². The highest BCUT2D eigenvalue weighted by molar-refractivity contribution is 5.66. The van der Waals surface area contributed by atoms with Crippen LogP contribution in [0.3, 0.4) is 0 Å². The molecule has 2 aliphatic heterocycles. The Kier molecular flexibility index (Phi) is 5.86. The average Bonchev–Trinajstić information content (AvgIpc) is 3.47. The number of benzene rings is 2. The summed E-state index contributed by atoms with van der Waals surface area (Å²) in [6.45, 7) is 1.93. The number of hydrogen-bond acceptors (Lipinski definition) is 6. The van der Waals surface area contributed by atoms with Crippen molar-refractivity contribution in [3.8, 4) is 39.8 Å². The second-order valence-electron chi connectivity index (χ2n) is 7.71. The monoisotopic (exact) mass is 501 g/mol. The first-order valence-corrected chi connectivity index (χ1v) is 10.7. The summed E-state index contributed by atoms with van der Waals surface area (Å²) in [6.07, 6.45) is -1.74. The van der Waals surface area contributed by atoms with Gasteiger partial charge in [-0.2, -0.15) is 18.3 Å². The Morgan fingerprint density at radius 2 is 1.78 bits per heavy atom. The molecule has 0 N–H and O–H groups in total. The van der Waals surface area contributed by atoms with E-state index in [1.165, 1.54) is 47.4 Å². The lowest BCUT2D eigenvalue weighted by Gasteiger charge is -2.13. The topological polar surface area (TPSA) is 78.9 Å². The maximum atomic E-state index is 14.1. The molecule has 184 valence electrons. The zero-order valence-electron chi connectivity index (χ0n) is 18.6. The molecular formula is C24H16F5N5O2. The summed E-state index contributed by atoms with van der Waals surface area (Å²) in [6, 6.07) is 8.72. The molecule has 0 saturated heterocycles. The van der Waals surface area contributed by atoms with E-state index >= 15 is 0 Å². The van der Waals surface area contributed by atoms with Gasteiger partial charge >= 0.3 is 6.18 Å². The smallest absolute Gasteiger partial charge is 0.417 e. The van der Waals surface area contributed by atoms with Gasteiger partial charge in [-0.25, -0.2) is 18.7 Å². The Morgan fingerprint density at radius 1 is 0.972 bits per heavy atom. The van der Waals surface area contributed by atoms with E-state index < -0.39 is 23.4 Å². The van der Waals surface area contributed by atoms with Gasteiger partial charge in [0.1, 0.15) is 29.4 Å². The SMILES string of the molecule is CCOc1ccc(-c2cc(Cn3cc4nc(-c5cccc(F)c5F)nc-4cn3)on2)c(C(F)(F)F)c1. The van der Waals surface area contributed by atoms with Gasteiger partial charge in [-0.1, -0.05) is 11.2 Å². The lowest BCUT2D eigenvalue weighted by Crippen LogP contribution is -2.08. The molecule has 12 heteroatoms. The number of imidazole rings is 1. The largest absolute Gasteiger partial charge is 0.494 e. The fourth-order valence-corrected chi connectivity index (χ4v) is 3.66. The van der Waals surface area contributed by atoms with Gasteiger partial charge in [-0.15, -0.1) is 0 Å². The third kappa shape index (κ3) is 4.49.